The molecule has 0 heterocycles. The Labute approximate surface area is 91.6 Å². The Morgan fingerprint density at radius 3 is 2.92 bits per heavy atom. The highest BCUT2D eigenvalue weighted by atomic mass is 79.9. The molecular formula is C9H11BrN2S. The molecule has 0 radical (unpaired) electrons. The number of thiocarbonyl (C=S) groups is 1. The van der Waals surface area contributed by atoms with Crippen LogP contribution in [0.5, 0.6) is 0 Å². The van der Waals surface area contributed by atoms with Crippen molar-refractivity contribution in [3.8, 4) is 0 Å². The van der Waals surface area contributed by atoms with Crippen LogP contribution in [-0.4, -0.2) is 11.7 Å². The molecule has 0 aromatic heterocycles. The Hall–Kier alpha value is -0.610. The summed E-state index contributed by atoms with van der Waals surface area (Å²) >= 11 is 8.11. The number of nitrogens with one attached hydrogen (secondary N) is 1. The summed E-state index contributed by atoms with van der Waals surface area (Å²) < 4.78 is 1.10. The van der Waals surface area contributed by atoms with Crippen molar-refractivity contribution in [2.45, 2.75) is 6.42 Å². The molecule has 0 atom stereocenters. The average molecular weight is 259 g/mol. The molecule has 0 aliphatic heterocycles. The molecule has 0 unspecified atom stereocenters. The molecule has 0 aliphatic rings. The Morgan fingerprint density at radius 2 is 2.31 bits per heavy atom. The van der Waals surface area contributed by atoms with E-state index in [0.29, 0.717) is 5.11 Å². The first-order valence-electron chi connectivity index (χ1n) is 3.96. The predicted octanol–water partition coefficient (Wildman–Crippen LogP) is 1.82. The van der Waals surface area contributed by atoms with Crippen LogP contribution in [-0.2, 0) is 6.42 Å². The van der Waals surface area contributed by atoms with E-state index in [0.717, 1.165) is 17.4 Å². The maximum Gasteiger partial charge on any atom is 0.163 e. The monoisotopic (exact) mass is 258 g/mol. The van der Waals surface area contributed by atoms with E-state index in [1.54, 1.807) is 0 Å². The Bertz CT molecular complexity index is 301. The lowest BCUT2D eigenvalue weighted by Crippen LogP contribution is -2.30. The molecule has 0 fully saturated rings. The van der Waals surface area contributed by atoms with Crippen LogP contribution in [0.3, 0.4) is 0 Å². The van der Waals surface area contributed by atoms with Crippen LogP contribution in [0.2, 0.25) is 0 Å². The van der Waals surface area contributed by atoms with E-state index in [4.69, 9.17) is 18.0 Å². The van der Waals surface area contributed by atoms with Crippen molar-refractivity contribution in [2.24, 2.45) is 5.73 Å². The molecule has 13 heavy (non-hydrogen) atoms. The number of benzene rings is 1. The highest BCUT2D eigenvalue weighted by molar-refractivity contribution is 9.10. The van der Waals surface area contributed by atoms with Gasteiger partial charge in [0.2, 0.25) is 0 Å². The SMILES string of the molecule is NC(=S)NCCc1cccc(Br)c1. The molecule has 2 nitrogen and oxygen atoms in total. The predicted molar refractivity (Wildman–Crippen MR) is 62.6 cm³/mol. The van der Waals surface area contributed by atoms with Crippen molar-refractivity contribution in [1.29, 1.82) is 0 Å². The third kappa shape index (κ3) is 4.24. The molecule has 1 rings (SSSR count). The summed E-state index contributed by atoms with van der Waals surface area (Å²) in [6.07, 6.45) is 0.927. The first kappa shape index (κ1) is 10.5. The van der Waals surface area contributed by atoms with Crippen LogP contribution < -0.4 is 11.1 Å². The molecule has 3 N–H and O–H groups in total. The minimum atomic E-state index is 0.356. The van der Waals surface area contributed by atoms with Gasteiger partial charge in [-0.25, -0.2) is 0 Å². The fraction of sp³-hybridized carbons (Fsp3) is 0.222. The summed E-state index contributed by atoms with van der Waals surface area (Å²) in [5, 5.41) is 3.26. The van der Waals surface area contributed by atoms with E-state index in [1.807, 2.05) is 12.1 Å². The molecule has 1 aromatic carbocycles. The van der Waals surface area contributed by atoms with Crippen molar-refractivity contribution in [1.82, 2.24) is 5.32 Å². The molecule has 0 saturated heterocycles. The van der Waals surface area contributed by atoms with Gasteiger partial charge in [0, 0.05) is 11.0 Å². The molecule has 0 spiro atoms. The quantitative estimate of drug-likeness (QED) is 0.813. The minimum absolute atomic E-state index is 0.356. The number of nitrogens with two attached hydrogens (primary N) is 1. The second kappa shape index (κ2) is 5.19. The molecule has 0 amide bonds. The highest BCUT2D eigenvalue weighted by Gasteiger charge is 1.93. The smallest absolute Gasteiger partial charge is 0.163 e. The van der Waals surface area contributed by atoms with Gasteiger partial charge in [0.15, 0.2) is 5.11 Å². The lowest BCUT2D eigenvalue weighted by Gasteiger charge is -2.03. The van der Waals surface area contributed by atoms with Gasteiger partial charge in [0.25, 0.3) is 0 Å². The lowest BCUT2D eigenvalue weighted by atomic mass is 10.1. The molecular weight excluding hydrogens is 248 g/mol. The zero-order chi connectivity index (χ0) is 9.68. The fourth-order valence-electron chi connectivity index (χ4n) is 1.02. The number of hydrogen-bond donors (Lipinski definition) is 2. The van der Waals surface area contributed by atoms with Crippen molar-refractivity contribution < 1.29 is 0 Å². The number of rotatable bonds is 3. The summed E-state index contributed by atoms with van der Waals surface area (Å²) in [5.41, 5.74) is 6.56. The second-order valence-electron chi connectivity index (χ2n) is 2.67. The molecule has 0 saturated carbocycles. The van der Waals surface area contributed by atoms with Crippen LogP contribution in [0.1, 0.15) is 5.56 Å². The van der Waals surface area contributed by atoms with Gasteiger partial charge in [-0.05, 0) is 36.3 Å². The number of hydrogen-bond acceptors (Lipinski definition) is 1. The molecule has 4 heteroatoms. The van der Waals surface area contributed by atoms with Gasteiger partial charge in [0.05, 0.1) is 0 Å². The third-order valence-electron chi connectivity index (χ3n) is 1.60. The van der Waals surface area contributed by atoms with E-state index in [1.165, 1.54) is 5.56 Å². The summed E-state index contributed by atoms with van der Waals surface area (Å²) in [4.78, 5) is 0. The standard InChI is InChI=1S/C9H11BrN2S/c10-8-3-1-2-7(6-8)4-5-12-9(11)13/h1-3,6H,4-5H2,(H3,11,12,13). The van der Waals surface area contributed by atoms with Crippen LogP contribution in [0, 0.1) is 0 Å². The van der Waals surface area contributed by atoms with Crippen molar-refractivity contribution >= 4 is 33.3 Å². The third-order valence-corrected chi connectivity index (χ3v) is 2.24. The topological polar surface area (TPSA) is 38.0 Å². The zero-order valence-electron chi connectivity index (χ0n) is 7.09. The molecule has 1 aromatic rings. The van der Waals surface area contributed by atoms with Crippen molar-refractivity contribution in [2.75, 3.05) is 6.54 Å². The maximum absolute atomic E-state index is 5.30. The maximum atomic E-state index is 5.30. The van der Waals surface area contributed by atoms with E-state index in [2.05, 4.69) is 33.4 Å². The first-order valence-corrected chi connectivity index (χ1v) is 5.16. The van der Waals surface area contributed by atoms with Gasteiger partial charge in [-0.3, -0.25) is 0 Å². The van der Waals surface area contributed by atoms with Crippen LogP contribution in [0.15, 0.2) is 28.7 Å². The minimum Gasteiger partial charge on any atom is -0.376 e. The molecule has 70 valence electrons. The summed E-state index contributed by atoms with van der Waals surface area (Å²) in [6.45, 7) is 0.784. The van der Waals surface area contributed by atoms with Gasteiger partial charge >= 0.3 is 0 Å². The van der Waals surface area contributed by atoms with E-state index < -0.39 is 0 Å². The average Bonchev–Trinajstić information content (AvgIpc) is 2.03. The summed E-state index contributed by atoms with van der Waals surface area (Å²) in [6, 6.07) is 8.18. The molecule has 0 aliphatic carbocycles. The zero-order valence-corrected chi connectivity index (χ0v) is 9.49. The van der Waals surface area contributed by atoms with Crippen LogP contribution in [0.4, 0.5) is 0 Å². The van der Waals surface area contributed by atoms with Gasteiger partial charge in [-0.1, -0.05) is 28.1 Å². The van der Waals surface area contributed by atoms with Crippen molar-refractivity contribution in [3.05, 3.63) is 34.3 Å². The lowest BCUT2D eigenvalue weighted by molar-refractivity contribution is 0.869. The van der Waals surface area contributed by atoms with E-state index >= 15 is 0 Å². The Kier molecular flexibility index (Phi) is 4.18. The van der Waals surface area contributed by atoms with Gasteiger partial charge in [-0.15, -0.1) is 0 Å². The van der Waals surface area contributed by atoms with Crippen LogP contribution in [0.25, 0.3) is 0 Å². The van der Waals surface area contributed by atoms with Gasteiger partial charge in [0.1, 0.15) is 0 Å². The van der Waals surface area contributed by atoms with Gasteiger partial charge in [-0.2, -0.15) is 0 Å². The summed E-state index contributed by atoms with van der Waals surface area (Å²) in [7, 11) is 0. The van der Waals surface area contributed by atoms with Crippen molar-refractivity contribution in [3.63, 3.8) is 0 Å². The first-order chi connectivity index (χ1) is 6.18. The van der Waals surface area contributed by atoms with E-state index in [9.17, 15) is 0 Å². The Morgan fingerprint density at radius 1 is 1.54 bits per heavy atom. The normalized spacial score (nSPS) is 9.62. The van der Waals surface area contributed by atoms with Gasteiger partial charge < -0.3 is 11.1 Å². The van der Waals surface area contributed by atoms with E-state index in [-0.39, 0.29) is 0 Å². The largest absolute Gasteiger partial charge is 0.376 e. The van der Waals surface area contributed by atoms with Crippen LogP contribution >= 0.6 is 28.1 Å². The molecule has 0 bridgehead atoms. The second-order valence-corrected chi connectivity index (χ2v) is 4.03. The Balaban J connectivity index is 2.41. The highest BCUT2D eigenvalue weighted by Crippen LogP contribution is 2.11. The number of halogens is 1. The fourth-order valence-corrected chi connectivity index (χ4v) is 1.57. The summed E-state index contributed by atoms with van der Waals surface area (Å²) in [5.74, 6) is 0.